The number of nitrogens with zero attached hydrogens (tertiary/aromatic N) is 1. The molecule has 1 aromatic heterocycles. The highest BCUT2D eigenvalue weighted by Crippen LogP contribution is 2.28. The summed E-state index contributed by atoms with van der Waals surface area (Å²) < 4.78 is 16.6. The molecule has 128 valence electrons. The van der Waals surface area contributed by atoms with Gasteiger partial charge in [-0.2, -0.15) is 0 Å². The van der Waals surface area contributed by atoms with Crippen molar-refractivity contribution in [2.45, 2.75) is 38.0 Å². The summed E-state index contributed by atoms with van der Waals surface area (Å²) in [6.07, 6.45) is 2.45. The van der Waals surface area contributed by atoms with Gasteiger partial charge in [0.1, 0.15) is 6.23 Å². The molecule has 2 N–H and O–H groups in total. The first-order valence-electron chi connectivity index (χ1n) is 7.36. The molecule has 23 heavy (non-hydrogen) atoms. The van der Waals surface area contributed by atoms with Crippen LogP contribution in [0.1, 0.15) is 31.9 Å². The summed E-state index contributed by atoms with van der Waals surface area (Å²) in [5.74, 6) is -0.525. The molecule has 9 heteroatoms. The van der Waals surface area contributed by atoms with Crippen molar-refractivity contribution >= 4 is 5.97 Å². The number of rotatable bonds is 7. The molecule has 0 aliphatic carbocycles. The first-order chi connectivity index (χ1) is 11.0. The van der Waals surface area contributed by atoms with Crippen molar-refractivity contribution in [2.24, 2.45) is 0 Å². The molecule has 1 unspecified atom stereocenters. The number of esters is 1. The molecule has 0 aromatic carbocycles. The Morgan fingerprint density at radius 2 is 2.26 bits per heavy atom. The second kappa shape index (κ2) is 7.93. The van der Waals surface area contributed by atoms with Crippen molar-refractivity contribution in [1.29, 1.82) is 0 Å². The van der Waals surface area contributed by atoms with Gasteiger partial charge in [-0.1, -0.05) is 0 Å². The molecule has 2 heterocycles. The second-order valence-electron chi connectivity index (χ2n) is 5.14. The second-order valence-corrected chi connectivity index (χ2v) is 5.14. The minimum absolute atomic E-state index is 0.00638. The number of carbonyl (C=O) groups excluding carboxylic acids is 1. The van der Waals surface area contributed by atoms with E-state index in [1.165, 1.54) is 17.9 Å². The van der Waals surface area contributed by atoms with Crippen molar-refractivity contribution in [3.8, 4) is 5.75 Å². The molecule has 2 atom stereocenters. The summed E-state index contributed by atoms with van der Waals surface area (Å²) >= 11 is 0. The van der Waals surface area contributed by atoms with Crippen LogP contribution in [0.15, 0.2) is 15.8 Å². The van der Waals surface area contributed by atoms with E-state index in [-0.39, 0.29) is 31.5 Å². The summed E-state index contributed by atoms with van der Waals surface area (Å²) in [6.45, 7) is -0.0214. The Labute approximate surface area is 131 Å². The van der Waals surface area contributed by atoms with Crippen molar-refractivity contribution in [1.82, 2.24) is 9.55 Å². The Morgan fingerprint density at radius 3 is 2.96 bits per heavy atom. The fraction of sp³-hybridized carbons (Fsp3) is 0.643. The third-order valence-corrected chi connectivity index (χ3v) is 3.57. The minimum Gasteiger partial charge on any atom is -0.486 e. The number of hydrogen-bond donors (Lipinski definition) is 2. The van der Waals surface area contributed by atoms with Gasteiger partial charge < -0.3 is 19.3 Å². The van der Waals surface area contributed by atoms with Crippen molar-refractivity contribution in [2.75, 3.05) is 20.3 Å². The summed E-state index contributed by atoms with van der Waals surface area (Å²) in [7, 11) is 1.26. The molecular weight excluding hydrogens is 308 g/mol. The van der Waals surface area contributed by atoms with Gasteiger partial charge in [-0.15, -0.1) is 0 Å². The molecule has 1 fully saturated rings. The van der Waals surface area contributed by atoms with Gasteiger partial charge in [-0.25, -0.2) is 4.79 Å². The number of ether oxygens (including phenoxy) is 3. The zero-order valence-corrected chi connectivity index (χ0v) is 12.8. The Hall–Kier alpha value is -2.13. The van der Waals surface area contributed by atoms with Gasteiger partial charge in [-0.05, 0) is 19.3 Å². The molecule has 0 saturated carbocycles. The molecule has 0 radical (unpaired) electrons. The Bertz CT molecular complexity index is 651. The van der Waals surface area contributed by atoms with E-state index >= 15 is 0 Å². The number of nitrogens with one attached hydrogen (secondary N) is 1. The maximum absolute atomic E-state index is 11.9. The number of aromatic amines is 1. The van der Waals surface area contributed by atoms with Crippen molar-refractivity contribution in [3.63, 3.8) is 0 Å². The molecule has 2 rings (SSSR count). The van der Waals surface area contributed by atoms with Crippen LogP contribution >= 0.6 is 0 Å². The average Bonchev–Trinajstić information content (AvgIpc) is 2.98. The molecule has 1 aliphatic heterocycles. The standard InChI is InChI=1S/C14H20N2O7/c1-21-12(18)5-7-22-10-8-16(14(20)15-13(10)19)11-3-2-9(23-11)4-6-17/h8-9,11,17H,2-7H2,1H3,(H,15,19,20)/t9?,11-/m1/s1. The Morgan fingerprint density at radius 1 is 1.48 bits per heavy atom. The predicted octanol–water partition coefficient (Wildman–Crippen LogP) is -0.461. The third-order valence-electron chi connectivity index (χ3n) is 3.57. The predicted molar refractivity (Wildman–Crippen MR) is 78.3 cm³/mol. The zero-order chi connectivity index (χ0) is 16.8. The van der Waals surface area contributed by atoms with E-state index in [2.05, 4.69) is 9.72 Å². The third kappa shape index (κ3) is 4.42. The van der Waals surface area contributed by atoms with E-state index in [1.807, 2.05) is 0 Å². The van der Waals surface area contributed by atoms with E-state index in [9.17, 15) is 14.4 Å². The fourth-order valence-electron chi connectivity index (χ4n) is 2.38. The Balaban J connectivity index is 2.09. The topological polar surface area (TPSA) is 120 Å². The van der Waals surface area contributed by atoms with Gasteiger partial charge in [0.05, 0.1) is 32.4 Å². The number of aliphatic hydroxyl groups is 1. The molecule has 1 aromatic rings. The van der Waals surface area contributed by atoms with Crippen molar-refractivity contribution in [3.05, 3.63) is 27.0 Å². The average molecular weight is 328 g/mol. The normalized spacial score (nSPS) is 20.4. The van der Waals surface area contributed by atoms with Crippen LogP contribution in [0.2, 0.25) is 0 Å². The van der Waals surface area contributed by atoms with E-state index in [4.69, 9.17) is 14.6 Å². The van der Waals surface area contributed by atoms with Gasteiger partial charge in [0, 0.05) is 6.61 Å². The number of hydrogen-bond acceptors (Lipinski definition) is 7. The number of aromatic nitrogens is 2. The van der Waals surface area contributed by atoms with Crippen molar-refractivity contribution < 1.29 is 24.1 Å². The molecule has 1 aliphatic rings. The summed E-state index contributed by atoms with van der Waals surface area (Å²) in [5, 5.41) is 8.93. The lowest BCUT2D eigenvalue weighted by molar-refractivity contribution is -0.141. The van der Waals surface area contributed by atoms with E-state index in [0.29, 0.717) is 12.8 Å². The molecule has 0 amide bonds. The largest absolute Gasteiger partial charge is 0.486 e. The van der Waals surface area contributed by atoms with Crippen LogP contribution in [0.3, 0.4) is 0 Å². The maximum Gasteiger partial charge on any atom is 0.330 e. The van der Waals surface area contributed by atoms with Crippen LogP contribution in [0.25, 0.3) is 0 Å². The number of carbonyl (C=O) groups is 1. The minimum atomic E-state index is -0.666. The van der Waals surface area contributed by atoms with E-state index < -0.39 is 23.4 Å². The quantitative estimate of drug-likeness (QED) is 0.650. The zero-order valence-electron chi connectivity index (χ0n) is 12.8. The van der Waals surface area contributed by atoms with Crippen LogP contribution in [-0.4, -0.2) is 47.1 Å². The van der Waals surface area contributed by atoms with E-state index in [1.54, 1.807) is 0 Å². The molecule has 0 bridgehead atoms. The van der Waals surface area contributed by atoms with Gasteiger partial charge in [-0.3, -0.25) is 19.1 Å². The van der Waals surface area contributed by atoms with Crippen LogP contribution in [0.5, 0.6) is 5.75 Å². The summed E-state index contributed by atoms with van der Waals surface area (Å²) in [5.41, 5.74) is -1.26. The molecule has 9 nitrogen and oxygen atoms in total. The number of H-pyrrole nitrogens is 1. The molecule has 0 spiro atoms. The van der Waals surface area contributed by atoms with Crippen LogP contribution in [0.4, 0.5) is 0 Å². The lowest BCUT2D eigenvalue weighted by atomic mass is 10.2. The molecule has 1 saturated heterocycles. The maximum atomic E-state index is 11.9. The van der Waals surface area contributed by atoms with Gasteiger partial charge in [0.25, 0.3) is 5.56 Å². The van der Waals surface area contributed by atoms with Gasteiger partial charge in [0.2, 0.25) is 5.75 Å². The lowest BCUT2D eigenvalue weighted by Crippen LogP contribution is -2.33. The van der Waals surface area contributed by atoms with Crippen LogP contribution in [-0.2, 0) is 14.3 Å². The SMILES string of the molecule is COC(=O)CCOc1cn([C@H]2CCC(CCO)O2)c(=O)[nH]c1=O. The monoisotopic (exact) mass is 328 g/mol. The van der Waals surface area contributed by atoms with Crippen LogP contribution < -0.4 is 16.0 Å². The van der Waals surface area contributed by atoms with Gasteiger partial charge in [0.15, 0.2) is 0 Å². The summed E-state index contributed by atoms with van der Waals surface area (Å²) in [4.78, 5) is 36.9. The van der Waals surface area contributed by atoms with Crippen LogP contribution in [0, 0.1) is 0 Å². The fourth-order valence-corrected chi connectivity index (χ4v) is 2.38. The summed E-state index contributed by atoms with van der Waals surface area (Å²) in [6, 6.07) is 0. The highest BCUT2D eigenvalue weighted by Gasteiger charge is 2.27. The highest BCUT2D eigenvalue weighted by atomic mass is 16.5. The first-order valence-corrected chi connectivity index (χ1v) is 7.36. The Kier molecular flexibility index (Phi) is 5.94. The van der Waals surface area contributed by atoms with Gasteiger partial charge >= 0.3 is 11.7 Å². The molecular formula is C14H20N2O7. The number of aliphatic hydroxyl groups excluding tert-OH is 1. The smallest absolute Gasteiger partial charge is 0.330 e. The highest BCUT2D eigenvalue weighted by molar-refractivity contribution is 5.69. The van der Waals surface area contributed by atoms with E-state index in [0.717, 1.165) is 6.42 Å². The lowest BCUT2D eigenvalue weighted by Gasteiger charge is -2.16. The first kappa shape index (κ1) is 17.2. The number of methoxy groups -OCH3 is 1.